The number of nitrogens with one attached hydrogen (secondary N) is 1. The summed E-state index contributed by atoms with van der Waals surface area (Å²) in [6.07, 6.45) is -1.54. The molecule has 0 fully saturated rings. The summed E-state index contributed by atoms with van der Waals surface area (Å²) in [7, 11) is 0. The van der Waals surface area contributed by atoms with E-state index in [0.29, 0.717) is 5.02 Å². The van der Waals surface area contributed by atoms with Gasteiger partial charge in [0, 0.05) is 17.5 Å². The van der Waals surface area contributed by atoms with Gasteiger partial charge in [0.1, 0.15) is 36.4 Å². The van der Waals surface area contributed by atoms with Crippen LogP contribution in [0.15, 0.2) is 42.5 Å². The van der Waals surface area contributed by atoms with Crippen LogP contribution in [0.5, 0.6) is 0 Å². The molecule has 0 saturated carbocycles. The highest BCUT2D eigenvalue weighted by Gasteiger charge is 2.34. The number of benzene rings is 2. The van der Waals surface area contributed by atoms with Gasteiger partial charge in [0.15, 0.2) is 0 Å². The molecule has 0 aliphatic rings. The number of halogens is 1. The highest BCUT2D eigenvalue weighted by Crippen LogP contribution is 2.26. The highest BCUT2D eigenvalue weighted by atomic mass is 35.5. The van der Waals surface area contributed by atoms with Gasteiger partial charge in [0.05, 0.1) is 26.2 Å². The first kappa shape index (κ1) is 49.8. The van der Waals surface area contributed by atoms with Crippen LogP contribution in [0.25, 0.3) is 11.1 Å². The molecule has 326 valence electrons. The molecule has 2 rings (SSSR count). The number of ether oxygens (including phenoxy) is 5. The van der Waals surface area contributed by atoms with Crippen LogP contribution in [0.3, 0.4) is 0 Å². The number of carbonyl (C=O) groups excluding carboxylic acids is 6. The van der Waals surface area contributed by atoms with Crippen molar-refractivity contribution in [3.05, 3.63) is 58.6 Å². The average molecular weight is 848 g/mol. The van der Waals surface area contributed by atoms with E-state index >= 15 is 0 Å². The summed E-state index contributed by atoms with van der Waals surface area (Å²) in [6, 6.07) is 9.42. The maximum Gasteiger partial charge on any atom is 0.411 e. The minimum Gasteiger partial charge on any atom is -0.480 e. The molecule has 0 spiro atoms. The Labute approximate surface area is 350 Å². The van der Waals surface area contributed by atoms with Gasteiger partial charge in [-0.1, -0.05) is 41.9 Å². The van der Waals surface area contributed by atoms with Crippen LogP contribution in [0, 0.1) is 0 Å². The van der Waals surface area contributed by atoms with Crippen LogP contribution < -0.4 is 5.32 Å². The van der Waals surface area contributed by atoms with Gasteiger partial charge in [-0.3, -0.25) is 29.0 Å². The highest BCUT2D eigenvalue weighted by molar-refractivity contribution is 6.31. The van der Waals surface area contributed by atoms with Gasteiger partial charge in [-0.05, 0) is 110 Å². The largest absolute Gasteiger partial charge is 0.480 e. The Bertz CT molecular complexity index is 1790. The first-order valence-electron chi connectivity index (χ1n) is 19.3. The normalized spacial score (nSPS) is 12.9. The van der Waals surface area contributed by atoms with Gasteiger partial charge in [-0.25, -0.2) is 14.4 Å². The molecule has 0 heterocycles. The number of carbonyl (C=O) groups is 7. The van der Waals surface area contributed by atoms with Crippen LogP contribution >= 0.6 is 11.6 Å². The lowest BCUT2D eigenvalue weighted by atomic mass is 9.97. The third-order valence-corrected chi connectivity index (χ3v) is 8.50. The minimum atomic E-state index is -1.34. The molecule has 2 unspecified atom stereocenters. The Hall–Kier alpha value is -5.38. The topological polar surface area (TPSA) is 204 Å². The summed E-state index contributed by atoms with van der Waals surface area (Å²) >= 11 is 6.46. The van der Waals surface area contributed by atoms with E-state index in [1.807, 2.05) is 30.3 Å². The second-order valence-corrected chi connectivity index (χ2v) is 16.1. The maximum absolute atomic E-state index is 13.6. The lowest BCUT2D eigenvalue weighted by Crippen LogP contribution is -2.53. The van der Waals surface area contributed by atoms with E-state index in [2.05, 4.69) is 5.32 Å². The quantitative estimate of drug-likeness (QED) is 0.124. The molecular weight excluding hydrogens is 790 g/mol. The number of hydrogen-bond donors (Lipinski definition) is 2. The molecule has 3 atom stereocenters. The average Bonchev–Trinajstić information content (AvgIpc) is 3.11. The fourth-order valence-electron chi connectivity index (χ4n) is 5.44. The molecule has 0 aliphatic heterocycles. The summed E-state index contributed by atoms with van der Waals surface area (Å²) in [6.45, 7) is 14.8. The summed E-state index contributed by atoms with van der Waals surface area (Å²) < 4.78 is 26.2. The van der Waals surface area contributed by atoms with Crippen molar-refractivity contribution in [3.8, 4) is 11.1 Å². The molecule has 2 aromatic rings. The zero-order chi connectivity index (χ0) is 44.7. The van der Waals surface area contributed by atoms with E-state index in [-0.39, 0.29) is 39.1 Å². The molecule has 0 bridgehead atoms. The first-order valence-corrected chi connectivity index (χ1v) is 19.7. The summed E-state index contributed by atoms with van der Waals surface area (Å²) in [5.41, 5.74) is 1.23. The van der Waals surface area contributed by atoms with E-state index < -0.39 is 84.4 Å². The lowest BCUT2D eigenvalue weighted by molar-refractivity contribution is -0.149. The number of aliphatic carboxylic acids is 1. The molecule has 0 aliphatic carbocycles. The zero-order valence-corrected chi connectivity index (χ0v) is 36.3. The number of hydrogen-bond acceptors (Lipinski definition) is 12. The second kappa shape index (κ2) is 22.7. The third-order valence-electron chi connectivity index (χ3n) is 8.28. The lowest BCUT2D eigenvalue weighted by Gasteiger charge is -2.31. The molecule has 59 heavy (non-hydrogen) atoms. The van der Waals surface area contributed by atoms with Crippen molar-refractivity contribution in [1.82, 2.24) is 15.1 Å². The number of rotatable bonds is 19. The van der Waals surface area contributed by atoms with E-state index in [1.165, 1.54) is 13.8 Å². The molecule has 0 radical (unpaired) electrons. The van der Waals surface area contributed by atoms with Crippen molar-refractivity contribution in [2.24, 2.45) is 0 Å². The predicted octanol–water partition coefficient (Wildman–Crippen LogP) is 5.97. The Morgan fingerprint density at radius 3 is 1.71 bits per heavy atom. The molecule has 0 aromatic heterocycles. The monoisotopic (exact) mass is 847 g/mol. The number of nitrogens with zero attached hydrogens (tertiary/aromatic N) is 2. The first-order chi connectivity index (χ1) is 27.4. The van der Waals surface area contributed by atoms with Gasteiger partial charge in [0.25, 0.3) is 0 Å². The molecule has 0 saturated heterocycles. The van der Waals surface area contributed by atoms with Crippen LogP contribution in [-0.4, -0.2) is 119 Å². The third kappa shape index (κ3) is 18.0. The van der Waals surface area contributed by atoms with Crippen LogP contribution in [-0.2, 0) is 60.5 Å². The fourth-order valence-corrected chi connectivity index (χ4v) is 5.70. The summed E-state index contributed by atoms with van der Waals surface area (Å²) in [4.78, 5) is 90.3. The summed E-state index contributed by atoms with van der Waals surface area (Å²) in [5, 5.41) is 12.7. The maximum atomic E-state index is 13.6. The molecule has 2 aromatic carbocycles. The Balaban J connectivity index is 2.20. The van der Waals surface area contributed by atoms with Gasteiger partial charge in [0.2, 0.25) is 5.91 Å². The second-order valence-electron chi connectivity index (χ2n) is 15.6. The molecular formula is C42H58ClN3O13. The number of carboxylic acids is 1. The van der Waals surface area contributed by atoms with Crippen molar-refractivity contribution >= 4 is 53.6 Å². The van der Waals surface area contributed by atoms with Crippen molar-refractivity contribution in [2.75, 3.05) is 32.9 Å². The molecule has 17 heteroatoms. The standard InChI is InChI=1S/C42H58ClN3O13/c1-11-55-34(47)23-33(44-37(50)26(3)45(24-35(48)56-12-2)39(53)58-41(5,6)7)21-28-13-15-30(16-14-28)31-19-29(20-32(43)22-31)17-18-57-36(49)25-46(27(4)38(51)52)40(54)59-42(8,9)10/h13-16,19-20,22,26-27,33H,11-12,17-18,21,23-25H2,1-10H3,(H,44,50)(H,51,52)/t26?,27?,33-/m1/s1. The Morgan fingerprint density at radius 2 is 1.20 bits per heavy atom. The van der Waals surface area contributed by atoms with Gasteiger partial charge < -0.3 is 34.1 Å². The molecule has 16 nitrogen and oxygen atoms in total. The van der Waals surface area contributed by atoms with Gasteiger partial charge in [-0.15, -0.1) is 0 Å². The van der Waals surface area contributed by atoms with E-state index in [9.17, 15) is 38.7 Å². The molecule has 2 N–H and O–H groups in total. The number of amides is 3. The zero-order valence-electron chi connectivity index (χ0n) is 35.5. The summed E-state index contributed by atoms with van der Waals surface area (Å²) in [5.74, 6) is -4.01. The van der Waals surface area contributed by atoms with Gasteiger partial charge >= 0.3 is 36.1 Å². The number of esters is 3. The Morgan fingerprint density at radius 1 is 0.695 bits per heavy atom. The van der Waals surface area contributed by atoms with E-state index in [1.54, 1.807) is 67.5 Å². The van der Waals surface area contributed by atoms with Gasteiger partial charge in [-0.2, -0.15) is 0 Å². The Kier molecular flexibility index (Phi) is 19.1. The van der Waals surface area contributed by atoms with Crippen molar-refractivity contribution in [1.29, 1.82) is 0 Å². The van der Waals surface area contributed by atoms with E-state index in [4.69, 9.17) is 35.3 Å². The smallest absolute Gasteiger partial charge is 0.411 e. The van der Waals surface area contributed by atoms with Crippen molar-refractivity contribution < 1.29 is 62.4 Å². The SMILES string of the molecule is CCOC(=O)C[C@@H](Cc1ccc(-c2cc(Cl)cc(CCOC(=O)CN(C(=O)OC(C)(C)C)C(C)C(=O)O)c2)cc1)NC(=O)C(C)N(CC(=O)OCC)C(=O)OC(C)(C)C. The predicted molar refractivity (Wildman–Crippen MR) is 218 cm³/mol. The van der Waals surface area contributed by atoms with Crippen molar-refractivity contribution in [2.45, 2.75) is 118 Å². The molecule has 3 amide bonds. The fraction of sp³-hybridized carbons (Fsp3) is 0.548. The van der Waals surface area contributed by atoms with Crippen LogP contribution in [0.4, 0.5) is 9.59 Å². The number of carboxylic acid groups (broad SMARTS) is 1. The van der Waals surface area contributed by atoms with Crippen LogP contribution in [0.2, 0.25) is 5.02 Å². The minimum absolute atomic E-state index is 0.0777. The van der Waals surface area contributed by atoms with Crippen LogP contribution in [0.1, 0.15) is 86.8 Å². The van der Waals surface area contributed by atoms with Crippen molar-refractivity contribution in [3.63, 3.8) is 0 Å². The van der Waals surface area contributed by atoms with E-state index in [0.717, 1.165) is 32.1 Å².